The summed E-state index contributed by atoms with van der Waals surface area (Å²) in [4.78, 5) is 14.2. The summed E-state index contributed by atoms with van der Waals surface area (Å²) >= 11 is 0. The number of methoxy groups -OCH3 is 1. The Morgan fingerprint density at radius 1 is 1.43 bits per heavy atom. The van der Waals surface area contributed by atoms with Gasteiger partial charge in [0.15, 0.2) is 0 Å². The Labute approximate surface area is 125 Å². The molecule has 0 spiro atoms. The van der Waals surface area contributed by atoms with Gasteiger partial charge < -0.3 is 15.0 Å². The molecule has 0 aromatic heterocycles. The van der Waals surface area contributed by atoms with Crippen LogP contribution in [-0.4, -0.2) is 43.7 Å². The van der Waals surface area contributed by atoms with E-state index in [1.807, 2.05) is 0 Å². The number of nitrogens with zero attached hydrogens (tertiary/aromatic N) is 1. The van der Waals surface area contributed by atoms with E-state index in [4.69, 9.17) is 4.74 Å². The zero-order valence-corrected chi connectivity index (χ0v) is 12.5. The van der Waals surface area contributed by atoms with Crippen LogP contribution in [0.25, 0.3) is 0 Å². The molecule has 1 aromatic rings. The summed E-state index contributed by atoms with van der Waals surface area (Å²) in [7, 11) is 1.76. The number of halogens is 1. The first-order valence-corrected chi connectivity index (χ1v) is 7.48. The van der Waals surface area contributed by atoms with E-state index in [-0.39, 0.29) is 11.7 Å². The third-order valence-electron chi connectivity index (χ3n) is 3.86. The van der Waals surface area contributed by atoms with Crippen LogP contribution in [0.15, 0.2) is 24.3 Å². The molecule has 5 heteroatoms. The maximum absolute atomic E-state index is 13.0. The fourth-order valence-electron chi connectivity index (χ4n) is 2.63. The van der Waals surface area contributed by atoms with Crippen molar-refractivity contribution in [1.82, 2.24) is 4.90 Å². The van der Waals surface area contributed by atoms with E-state index in [1.165, 1.54) is 12.1 Å². The smallest absolute Gasteiger partial charge is 0.225 e. The first kappa shape index (κ1) is 15.9. The van der Waals surface area contributed by atoms with Crippen molar-refractivity contribution in [3.63, 3.8) is 0 Å². The van der Waals surface area contributed by atoms with Crippen molar-refractivity contribution in [2.75, 3.05) is 32.1 Å². The molecule has 0 saturated carbocycles. The number of nitrogens with one attached hydrogen (secondary N) is 1. The topological polar surface area (TPSA) is 41.6 Å². The molecule has 1 aliphatic heterocycles. The van der Waals surface area contributed by atoms with E-state index in [1.54, 1.807) is 19.2 Å². The van der Waals surface area contributed by atoms with Gasteiger partial charge in [-0.15, -0.1) is 0 Å². The van der Waals surface area contributed by atoms with Crippen molar-refractivity contribution < 1.29 is 13.9 Å². The van der Waals surface area contributed by atoms with Crippen LogP contribution in [0.5, 0.6) is 0 Å². The maximum Gasteiger partial charge on any atom is 0.225 e. The number of amides is 1. The molecule has 1 aliphatic rings. The van der Waals surface area contributed by atoms with E-state index in [0.717, 1.165) is 38.9 Å². The summed E-state index contributed by atoms with van der Waals surface area (Å²) < 4.78 is 18.4. The number of carbonyl (C=O) groups is 1. The molecule has 1 N–H and O–H groups in total. The van der Waals surface area contributed by atoms with Crippen molar-refractivity contribution in [3.05, 3.63) is 30.1 Å². The Balaban J connectivity index is 1.73. The number of ether oxygens (including phenoxy) is 1. The molecule has 0 radical (unpaired) electrons. The van der Waals surface area contributed by atoms with Crippen LogP contribution in [0.2, 0.25) is 0 Å². The van der Waals surface area contributed by atoms with Crippen molar-refractivity contribution in [3.8, 4) is 0 Å². The summed E-state index contributed by atoms with van der Waals surface area (Å²) in [5.41, 5.74) is 0.510. The van der Waals surface area contributed by atoms with Crippen LogP contribution in [0.1, 0.15) is 25.7 Å². The quantitative estimate of drug-likeness (QED) is 0.907. The van der Waals surface area contributed by atoms with Gasteiger partial charge in [-0.1, -0.05) is 6.07 Å². The van der Waals surface area contributed by atoms with Gasteiger partial charge in [0, 0.05) is 32.3 Å². The summed E-state index contributed by atoms with van der Waals surface area (Å²) in [6, 6.07) is 5.97. The maximum atomic E-state index is 13.0. The lowest BCUT2D eigenvalue weighted by Gasteiger charge is -2.19. The fraction of sp³-hybridized carbons (Fsp3) is 0.562. The Bertz CT molecular complexity index is 467. The Morgan fingerprint density at radius 3 is 3.05 bits per heavy atom. The van der Waals surface area contributed by atoms with Crippen molar-refractivity contribution in [1.29, 1.82) is 0 Å². The molecule has 1 amide bonds. The van der Waals surface area contributed by atoms with Gasteiger partial charge in [-0.2, -0.15) is 0 Å². The highest BCUT2D eigenvalue weighted by atomic mass is 19.1. The molecule has 1 fully saturated rings. The van der Waals surface area contributed by atoms with Crippen LogP contribution in [-0.2, 0) is 9.53 Å². The number of likely N-dealkylation sites (tertiary alicyclic amines) is 1. The first-order valence-electron chi connectivity index (χ1n) is 7.48. The monoisotopic (exact) mass is 294 g/mol. The third kappa shape index (κ3) is 5.44. The number of anilines is 1. The van der Waals surface area contributed by atoms with Crippen LogP contribution in [0.3, 0.4) is 0 Å². The van der Waals surface area contributed by atoms with Gasteiger partial charge >= 0.3 is 0 Å². The number of hydrogen-bond donors (Lipinski definition) is 1. The van der Waals surface area contributed by atoms with Gasteiger partial charge in [0.2, 0.25) is 5.91 Å². The predicted octanol–water partition coefficient (Wildman–Crippen LogP) is 2.66. The molecule has 1 heterocycles. The van der Waals surface area contributed by atoms with Gasteiger partial charge in [0.25, 0.3) is 0 Å². The van der Waals surface area contributed by atoms with Crippen molar-refractivity contribution in [2.24, 2.45) is 0 Å². The van der Waals surface area contributed by atoms with Gasteiger partial charge in [0.05, 0.1) is 6.10 Å². The van der Waals surface area contributed by atoms with E-state index in [2.05, 4.69) is 10.2 Å². The lowest BCUT2D eigenvalue weighted by Crippen LogP contribution is -2.29. The normalized spacial score (nSPS) is 20.0. The van der Waals surface area contributed by atoms with E-state index < -0.39 is 0 Å². The van der Waals surface area contributed by atoms with E-state index in [9.17, 15) is 9.18 Å². The number of carbonyl (C=O) groups excluding carboxylic acids is 1. The summed E-state index contributed by atoms with van der Waals surface area (Å²) in [5.74, 6) is -0.418. The SMILES string of the molecule is COC1CCCN(CCC(=O)Nc2cccc(F)c2)CC1. The number of hydrogen-bond acceptors (Lipinski definition) is 3. The molecule has 116 valence electrons. The van der Waals surface area contributed by atoms with Gasteiger partial charge in [-0.05, 0) is 44.0 Å². The van der Waals surface area contributed by atoms with Gasteiger partial charge in [-0.25, -0.2) is 4.39 Å². The molecular weight excluding hydrogens is 271 g/mol. The molecular formula is C16H23FN2O2. The zero-order chi connectivity index (χ0) is 15.1. The lowest BCUT2D eigenvalue weighted by molar-refractivity contribution is -0.116. The highest BCUT2D eigenvalue weighted by molar-refractivity contribution is 5.90. The molecule has 1 atom stereocenters. The zero-order valence-electron chi connectivity index (χ0n) is 12.5. The second kappa shape index (κ2) is 8.10. The minimum atomic E-state index is -0.342. The highest BCUT2D eigenvalue weighted by Crippen LogP contribution is 2.14. The van der Waals surface area contributed by atoms with Crippen LogP contribution >= 0.6 is 0 Å². The molecule has 0 aliphatic carbocycles. The first-order chi connectivity index (χ1) is 10.2. The lowest BCUT2D eigenvalue weighted by atomic mass is 10.2. The summed E-state index contributed by atoms with van der Waals surface area (Å²) in [6.07, 6.45) is 3.97. The molecule has 1 aromatic carbocycles. The molecule has 0 bridgehead atoms. The predicted molar refractivity (Wildman–Crippen MR) is 80.7 cm³/mol. The minimum absolute atomic E-state index is 0.0758. The standard InChI is InChI=1S/C16H23FN2O2/c1-21-15-6-3-9-19(10-7-15)11-8-16(20)18-14-5-2-4-13(17)12-14/h2,4-5,12,15H,3,6-11H2,1H3,(H,18,20). The van der Waals surface area contributed by atoms with E-state index in [0.29, 0.717) is 18.2 Å². The molecule has 4 nitrogen and oxygen atoms in total. The second-order valence-corrected chi connectivity index (χ2v) is 5.44. The molecule has 21 heavy (non-hydrogen) atoms. The Morgan fingerprint density at radius 2 is 2.29 bits per heavy atom. The van der Waals surface area contributed by atoms with Crippen LogP contribution < -0.4 is 5.32 Å². The highest BCUT2D eigenvalue weighted by Gasteiger charge is 2.16. The van der Waals surface area contributed by atoms with E-state index >= 15 is 0 Å². The summed E-state index contributed by atoms with van der Waals surface area (Å²) in [6.45, 7) is 2.70. The molecule has 1 saturated heterocycles. The number of benzene rings is 1. The molecule has 2 rings (SSSR count). The van der Waals surface area contributed by atoms with Crippen molar-refractivity contribution >= 4 is 11.6 Å². The van der Waals surface area contributed by atoms with Crippen molar-refractivity contribution in [2.45, 2.75) is 31.8 Å². The Kier molecular flexibility index (Phi) is 6.14. The molecule has 1 unspecified atom stereocenters. The van der Waals surface area contributed by atoms with Gasteiger partial charge in [0.1, 0.15) is 5.82 Å². The average molecular weight is 294 g/mol. The van der Waals surface area contributed by atoms with Crippen LogP contribution in [0.4, 0.5) is 10.1 Å². The second-order valence-electron chi connectivity index (χ2n) is 5.44. The average Bonchev–Trinajstić information content (AvgIpc) is 2.70. The van der Waals surface area contributed by atoms with Crippen LogP contribution in [0, 0.1) is 5.82 Å². The number of rotatable bonds is 5. The Hall–Kier alpha value is -1.46. The minimum Gasteiger partial charge on any atom is -0.381 e. The third-order valence-corrected chi connectivity index (χ3v) is 3.86. The summed E-state index contributed by atoms with van der Waals surface area (Å²) in [5, 5.41) is 2.73. The van der Waals surface area contributed by atoms with Gasteiger partial charge in [-0.3, -0.25) is 4.79 Å². The fourth-order valence-corrected chi connectivity index (χ4v) is 2.63. The largest absolute Gasteiger partial charge is 0.381 e.